The van der Waals surface area contributed by atoms with Crippen LogP contribution in [0.5, 0.6) is 0 Å². The van der Waals surface area contributed by atoms with Crippen molar-refractivity contribution in [3.8, 4) is 0 Å². The normalized spacial score (nSPS) is 37.3. The summed E-state index contributed by atoms with van der Waals surface area (Å²) in [6.45, 7) is 0.358. The number of aliphatic carboxylic acids is 1. The number of carboxylic acids is 1. The van der Waals surface area contributed by atoms with Gasteiger partial charge in [0.1, 0.15) is 0 Å². The van der Waals surface area contributed by atoms with Crippen molar-refractivity contribution in [3.05, 3.63) is 35.9 Å². The first-order chi connectivity index (χ1) is 7.17. The fourth-order valence-electron chi connectivity index (χ4n) is 2.76. The second-order valence-corrected chi connectivity index (χ2v) is 4.59. The molecular formula is C12H12O3. The van der Waals surface area contributed by atoms with Gasteiger partial charge >= 0.3 is 5.97 Å². The molecule has 1 aliphatic carbocycles. The van der Waals surface area contributed by atoms with Crippen LogP contribution < -0.4 is 0 Å². The van der Waals surface area contributed by atoms with Gasteiger partial charge in [0.2, 0.25) is 0 Å². The maximum Gasteiger partial charge on any atom is 0.312 e. The molecule has 3 aliphatic rings. The number of rotatable bonds is 2. The van der Waals surface area contributed by atoms with Gasteiger partial charge in [-0.1, -0.05) is 30.3 Å². The summed E-state index contributed by atoms with van der Waals surface area (Å²) in [7, 11) is 0. The van der Waals surface area contributed by atoms with Crippen LogP contribution >= 0.6 is 0 Å². The number of hydrogen-bond donors (Lipinski definition) is 1. The van der Waals surface area contributed by atoms with E-state index >= 15 is 0 Å². The van der Waals surface area contributed by atoms with E-state index in [1.165, 1.54) is 0 Å². The number of fused-ring (bicyclic) bond motifs is 1. The molecule has 3 nitrogen and oxygen atoms in total. The molecule has 0 radical (unpaired) electrons. The van der Waals surface area contributed by atoms with Crippen LogP contribution in [0.3, 0.4) is 0 Å². The third-order valence-electron chi connectivity index (χ3n) is 3.63. The number of carbonyl (C=O) groups is 1. The second-order valence-electron chi connectivity index (χ2n) is 4.59. The molecule has 1 saturated carbocycles. The summed E-state index contributed by atoms with van der Waals surface area (Å²) in [4.78, 5) is 11.1. The van der Waals surface area contributed by atoms with E-state index in [1.54, 1.807) is 0 Å². The smallest absolute Gasteiger partial charge is 0.312 e. The number of hydrogen-bond acceptors (Lipinski definition) is 2. The van der Waals surface area contributed by atoms with Crippen molar-refractivity contribution in [3.63, 3.8) is 0 Å². The molecule has 15 heavy (non-hydrogen) atoms. The molecule has 78 valence electrons. The second kappa shape index (κ2) is 2.61. The average Bonchev–Trinajstić information content (AvgIpc) is 2.74. The minimum absolute atomic E-state index is 0.306. The van der Waals surface area contributed by atoms with E-state index in [0.29, 0.717) is 19.4 Å². The summed E-state index contributed by atoms with van der Waals surface area (Å²) in [5.74, 6) is -0.716. The highest BCUT2D eigenvalue weighted by Crippen LogP contribution is 2.63. The Hall–Kier alpha value is -1.35. The molecule has 3 heteroatoms. The van der Waals surface area contributed by atoms with Gasteiger partial charge in [-0.25, -0.2) is 0 Å². The van der Waals surface area contributed by atoms with E-state index < -0.39 is 11.4 Å². The summed E-state index contributed by atoms with van der Waals surface area (Å²) in [6, 6.07) is 9.91. The van der Waals surface area contributed by atoms with Crippen molar-refractivity contribution < 1.29 is 14.6 Å². The fraction of sp³-hybridized carbons (Fsp3) is 0.417. The van der Waals surface area contributed by atoms with Gasteiger partial charge in [0.15, 0.2) is 0 Å². The van der Waals surface area contributed by atoms with E-state index in [-0.39, 0.29) is 5.60 Å². The molecule has 1 aromatic carbocycles. The molecule has 1 aromatic rings. The lowest BCUT2D eigenvalue weighted by atomic mass is 9.60. The van der Waals surface area contributed by atoms with Crippen LogP contribution in [0.4, 0.5) is 0 Å². The zero-order valence-electron chi connectivity index (χ0n) is 8.27. The lowest BCUT2D eigenvalue weighted by molar-refractivity contribution is -0.154. The van der Waals surface area contributed by atoms with Crippen LogP contribution in [0.1, 0.15) is 18.4 Å². The Balaban J connectivity index is 1.91. The van der Waals surface area contributed by atoms with Crippen molar-refractivity contribution in [1.82, 2.24) is 0 Å². The topological polar surface area (TPSA) is 46.5 Å². The lowest BCUT2D eigenvalue weighted by Crippen LogP contribution is -2.46. The molecule has 2 saturated heterocycles. The molecule has 0 atom stereocenters. The predicted octanol–water partition coefficient (Wildman–Crippen LogP) is 1.78. The number of carboxylic acid groups (broad SMARTS) is 1. The van der Waals surface area contributed by atoms with Crippen molar-refractivity contribution >= 4 is 5.97 Å². The maximum absolute atomic E-state index is 11.1. The molecule has 3 fully saturated rings. The Morgan fingerprint density at radius 3 is 2.47 bits per heavy atom. The minimum atomic E-state index is -0.716. The van der Waals surface area contributed by atoms with Gasteiger partial charge in [0, 0.05) is 0 Å². The minimum Gasteiger partial charge on any atom is -0.481 e. The molecule has 0 unspecified atom stereocenters. The highest BCUT2D eigenvalue weighted by molar-refractivity contribution is 5.78. The predicted molar refractivity (Wildman–Crippen MR) is 53.4 cm³/mol. The van der Waals surface area contributed by atoms with Gasteiger partial charge in [-0.3, -0.25) is 4.79 Å². The molecule has 0 spiro atoms. The molecule has 0 amide bonds. The van der Waals surface area contributed by atoms with Gasteiger partial charge in [-0.2, -0.15) is 0 Å². The van der Waals surface area contributed by atoms with E-state index in [2.05, 4.69) is 0 Å². The largest absolute Gasteiger partial charge is 0.481 e. The summed E-state index contributed by atoms with van der Waals surface area (Å²) in [5, 5.41) is 9.09. The number of benzene rings is 1. The Morgan fingerprint density at radius 2 is 1.93 bits per heavy atom. The monoisotopic (exact) mass is 204 g/mol. The van der Waals surface area contributed by atoms with E-state index in [4.69, 9.17) is 9.84 Å². The molecule has 0 aromatic heterocycles. The van der Waals surface area contributed by atoms with Gasteiger partial charge < -0.3 is 9.84 Å². The van der Waals surface area contributed by atoms with E-state index in [1.807, 2.05) is 30.3 Å². The summed E-state index contributed by atoms with van der Waals surface area (Å²) in [5.41, 5.74) is 0.203. The Morgan fingerprint density at radius 1 is 1.27 bits per heavy atom. The van der Waals surface area contributed by atoms with E-state index in [0.717, 1.165) is 5.56 Å². The molecule has 1 N–H and O–H groups in total. The first-order valence-corrected chi connectivity index (χ1v) is 5.10. The van der Waals surface area contributed by atoms with E-state index in [9.17, 15) is 4.79 Å². The summed E-state index contributed by atoms with van der Waals surface area (Å²) in [6.07, 6.45) is 1.25. The molecule has 4 rings (SSSR count). The van der Waals surface area contributed by atoms with Gasteiger partial charge in [0.25, 0.3) is 0 Å². The highest BCUT2D eigenvalue weighted by atomic mass is 16.5. The Bertz CT molecular complexity index is 404. The van der Waals surface area contributed by atoms with Crippen molar-refractivity contribution in [2.45, 2.75) is 18.4 Å². The highest BCUT2D eigenvalue weighted by Gasteiger charge is 2.67. The van der Waals surface area contributed by atoms with Gasteiger partial charge in [0.05, 0.1) is 17.6 Å². The molecule has 2 aliphatic heterocycles. The Labute approximate surface area is 87.7 Å². The molecular weight excluding hydrogens is 192 g/mol. The quantitative estimate of drug-likeness (QED) is 0.798. The summed E-state index contributed by atoms with van der Waals surface area (Å²) < 4.78 is 5.68. The molecule has 2 bridgehead atoms. The third kappa shape index (κ3) is 1.01. The van der Waals surface area contributed by atoms with Gasteiger partial charge in [-0.15, -0.1) is 0 Å². The van der Waals surface area contributed by atoms with Crippen molar-refractivity contribution in [1.29, 1.82) is 0 Å². The summed E-state index contributed by atoms with van der Waals surface area (Å²) >= 11 is 0. The van der Waals surface area contributed by atoms with Crippen molar-refractivity contribution in [2.75, 3.05) is 6.61 Å². The zero-order valence-corrected chi connectivity index (χ0v) is 8.27. The average molecular weight is 204 g/mol. The lowest BCUT2D eigenvalue weighted by Gasteiger charge is -2.42. The first kappa shape index (κ1) is 8.92. The SMILES string of the molecule is O=C(O)C12COC(c3ccccc3)(C1)C2. The van der Waals surface area contributed by atoms with Gasteiger partial charge in [-0.05, 0) is 18.4 Å². The maximum atomic E-state index is 11.1. The van der Waals surface area contributed by atoms with Crippen LogP contribution in [-0.4, -0.2) is 17.7 Å². The zero-order chi connectivity index (χ0) is 10.5. The Kier molecular flexibility index (Phi) is 1.55. The fourth-order valence-corrected chi connectivity index (χ4v) is 2.76. The number of ether oxygens (including phenoxy) is 1. The van der Waals surface area contributed by atoms with Crippen molar-refractivity contribution in [2.24, 2.45) is 5.41 Å². The third-order valence-corrected chi connectivity index (χ3v) is 3.63. The van der Waals surface area contributed by atoms with Crippen LogP contribution in [0, 0.1) is 5.41 Å². The first-order valence-electron chi connectivity index (χ1n) is 5.10. The van der Waals surface area contributed by atoms with Crippen LogP contribution in [0.2, 0.25) is 0 Å². The van der Waals surface area contributed by atoms with Crippen LogP contribution in [-0.2, 0) is 15.1 Å². The molecule has 2 heterocycles. The standard InChI is InChI=1S/C12H12O3/c13-10(14)11-6-12(7-11,15-8-11)9-4-2-1-3-5-9/h1-5H,6-8H2,(H,13,14). The van der Waals surface area contributed by atoms with Crippen LogP contribution in [0.25, 0.3) is 0 Å². The van der Waals surface area contributed by atoms with Crippen LogP contribution in [0.15, 0.2) is 30.3 Å².